The average Bonchev–Trinajstić information content (AvgIpc) is 3.28. The van der Waals surface area contributed by atoms with Crippen molar-refractivity contribution in [3.63, 3.8) is 0 Å². The summed E-state index contributed by atoms with van der Waals surface area (Å²) in [5.41, 5.74) is 2.14. The lowest BCUT2D eigenvalue weighted by Crippen LogP contribution is -2.29. The van der Waals surface area contributed by atoms with Gasteiger partial charge in [0.05, 0.1) is 18.9 Å². The number of hydrogen-bond donors (Lipinski definition) is 2. The third-order valence-corrected chi connectivity index (χ3v) is 4.35. The van der Waals surface area contributed by atoms with Gasteiger partial charge in [0.1, 0.15) is 5.75 Å². The highest BCUT2D eigenvalue weighted by Gasteiger charge is 2.16. The van der Waals surface area contributed by atoms with E-state index in [0.29, 0.717) is 34.1 Å². The first-order chi connectivity index (χ1) is 14.4. The number of aromatic nitrogens is 1. The summed E-state index contributed by atoms with van der Waals surface area (Å²) in [7, 11) is 3.13. The molecule has 0 aliphatic rings. The first-order valence-corrected chi connectivity index (χ1v) is 8.92. The van der Waals surface area contributed by atoms with E-state index in [0.717, 1.165) is 0 Å². The van der Waals surface area contributed by atoms with E-state index in [4.69, 9.17) is 9.15 Å². The topological polar surface area (TPSA) is 114 Å². The Bertz CT molecular complexity index is 1060. The number of carbonyl (C=O) groups excluding carboxylic acids is 3. The van der Waals surface area contributed by atoms with Crippen LogP contribution in [0, 0.1) is 0 Å². The second-order valence-electron chi connectivity index (χ2n) is 6.31. The third-order valence-electron chi connectivity index (χ3n) is 4.35. The number of rotatable bonds is 5. The van der Waals surface area contributed by atoms with E-state index in [1.807, 2.05) is 0 Å². The van der Waals surface area contributed by atoms with Crippen molar-refractivity contribution in [1.82, 2.24) is 4.98 Å². The highest BCUT2D eigenvalue weighted by Crippen LogP contribution is 2.32. The van der Waals surface area contributed by atoms with Crippen molar-refractivity contribution >= 4 is 34.8 Å². The highest BCUT2D eigenvalue weighted by molar-refractivity contribution is 6.43. The molecule has 9 heteroatoms. The smallest absolute Gasteiger partial charge is 0.314 e. The van der Waals surface area contributed by atoms with Gasteiger partial charge in [-0.1, -0.05) is 0 Å². The lowest BCUT2D eigenvalue weighted by atomic mass is 10.1. The molecule has 3 rings (SSSR count). The molecule has 2 N–H and O–H groups in total. The van der Waals surface area contributed by atoms with Crippen molar-refractivity contribution in [2.75, 3.05) is 29.7 Å². The van der Waals surface area contributed by atoms with E-state index >= 15 is 0 Å². The zero-order valence-electron chi connectivity index (χ0n) is 16.6. The molecule has 0 spiro atoms. The number of nitrogens with zero attached hydrogens (tertiary/aromatic N) is 2. The number of amides is 3. The van der Waals surface area contributed by atoms with Gasteiger partial charge in [-0.15, -0.1) is 0 Å². The van der Waals surface area contributed by atoms with E-state index < -0.39 is 11.8 Å². The Morgan fingerprint density at radius 3 is 2.20 bits per heavy atom. The van der Waals surface area contributed by atoms with Crippen molar-refractivity contribution in [3.8, 4) is 17.1 Å². The molecule has 154 valence electrons. The summed E-state index contributed by atoms with van der Waals surface area (Å²) in [6.45, 7) is 1.45. The fourth-order valence-corrected chi connectivity index (χ4v) is 2.65. The molecule has 0 aliphatic heterocycles. The quantitative estimate of drug-likeness (QED) is 0.628. The van der Waals surface area contributed by atoms with Crippen molar-refractivity contribution in [1.29, 1.82) is 0 Å². The second kappa shape index (κ2) is 8.91. The molecule has 0 saturated carbocycles. The zero-order valence-corrected chi connectivity index (χ0v) is 16.6. The second-order valence-corrected chi connectivity index (χ2v) is 6.31. The Morgan fingerprint density at radius 2 is 1.63 bits per heavy atom. The molecule has 0 atom stereocenters. The summed E-state index contributed by atoms with van der Waals surface area (Å²) in [4.78, 5) is 41.2. The minimum Gasteiger partial charge on any atom is -0.496 e. The molecule has 0 aliphatic carbocycles. The number of ether oxygens (including phenoxy) is 1. The number of benzene rings is 2. The van der Waals surface area contributed by atoms with Crippen LogP contribution in [0.4, 0.5) is 17.1 Å². The van der Waals surface area contributed by atoms with Gasteiger partial charge in [-0.3, -0.25) is 14.4 Å². The van der Waals surface area contributed by atoms with E-state index in [1.54, 1.807) is 55.7 Å². The normalized spacial score (nSPS) is 10.2. The number of oxazole rings is 1. The summed E-state index contributed by atoms with van der Waals surface area (Å²) in [6, 6.07) is 11.4. The van der Waals surface area contributed by atoms with Crippen molar-refractivity contribution in [3.05, 3.63) is 55.1 Å². The fourth-order valence-electron chi connectivity index (χ4n) is 2.65. The van der Waals surface area contributed by atoms with Gasteiger partial charge in [-0.25, -0.2) is 4.98 Å². The van der Waals surface area contributed by atoms with E-state index in [9.17, 15) is 14.4 Å². The van der Waals surface area contributed by atoms with Gasteiger partial charge in [0, 0.05) is 37.1 Å². The molecule has 3 amide bonds. The lowest BCUT2D eigenvalue weighted by molar-refractivity contribution is -0.132. The van der Waals surface area contributed by atoms with Gasteiger partial charge >= 0.3 is 11.8 Å². The van der Waals surface area contributed by atoms with Crippen LogP contribution in [-0.2, 0) is 14.4 Å². The first-order valence-electron chi connectivity index (χ1n) is 8.92. The molecular formula is C21H20N4O5. The van der Waals surface area contributed by atoms with Crippen LogP contribution in [0.2, 0.25) is 0 Å². The van der Waals surface area contributed by atoms with Crippen LogP contribution in [0.5, 0.6) is 5.75 Å². The maximum atomic E-state index is 12.2. The number of hydrogen-bond acceptors (Lipinski definition) is 6. The van der Waals surface area contributed by atoms with Gasteiger partial charge in [0.25, 0.3) is 0 Å². The van der Waals surface area contributed by atoms with Gasteiger partial charge < -0.3 is 24.7 Å². The molecule has 0 radical (unpaired) electrons. The van der Waals surface area contributed by atoms with Crippen LogP contribution in [-0.4, -0.2) is 36.9 Å². The Balaban J connectivity index is 1.66. The van der Waals surface area contributed by atoms with Crippen LogP contribution < -0.4 is 20.3 Å². The van der Waals surface area contributed by atoms with E-state index in [1.165, 1.54) is 25.3 Å². The van der Waals surface area contributed by atoms with Crippen molar-refractivity contribution < 1.29 is 23.5 Å². The summed E-state index contributed by atoms with van der Waals surface area (Å²) in [5, 5.41) is 5.03. The van der Waals surface area contributed by atoms with E-state index in [2.05, 4.69) is 15.6 Å². The Kier molecular flexibility index (Phi) is 6.11. The van der Waals surface area contributed by atoms with Crippen LogP contribution in [0.25, 0.3) is 11.3 Å². The monoisotopic (exact) mass is 408 g/mol. The average molecular weight is 408 g/mol. The molecular weight excluding hydrogens is 388 g/mol. The zero-order chi connectivity index (χ0) is 21.7. The Hall–Kier alpha value is -4.14. The predicted octanol–water partition coefficient (Wildman–Crippen LogP) is 2.91. The predicted molar refractivity (Wildman–Crippen MR) is 111 cm³/mol. The number of nitrogens with one attached hydrogen (secondary N) is 2. The van der Waals surface area contributed by atoms with Crippen molar-refractivity contribution in [2.24, 2.45) is 0 Å². The summed E-state index contributed by atoms with van der Waals surface area (Å²) < 4.78 is 10.6. The van der Waals surface area contributed by atoms with Crippen LogP contribution in [0.15, 0.2) is 59.5 Å². The fraction of sp³-hybridized carbons (Fsp3) is 0.143. The first kappa shape index (κ1) is 20.6. The molecule has 3 aromatic rings. The maximum Gasteiger partial charge on any atom is 0.314 e. The summed E-state index contributed by atoms with van der Waals surface area (Å²) >= 11 is 0. The van der Waals surface area contributed by atoms with Gasteiger partial charge in [0.15, 0.2) is 12.2 Å². The Labute approximate surface area is 172 Å². The molecule has 9 nitrogen and oxygen atoms in total. The van der Waals surface area contributed by atoms with Gasteiger partial charge in [-0.2, -0.15) is 0 Å². The molecule has 1 aromatic heterocycles. The largest absolute Gasteiger partial charge is 0.496 e. The molecule has 0 unspecified atom stereocenters. The van der Waals surface area contributed by atoms with Gasteiger partial charge in [-0.05, 0) is 36.4 Å². The third kappa shape index (κ3) is 4.64. The van der Waals surface area contributed by atoms with E-state index in [-0.39, 0.29) is 5.91 Å². The summed E-state index contributed by atoms with van der Waals surface area (Å²) in [6.07, 6.45) is 2.85. The SMILES string of the molecule is COc1cc(NC(=O)C(=O)Nc2ccc(N(C)C(C)=O)cc2)ccc1-c1cnco1. The molecule has 30 heavy (non-hydrogen) atoms. The standard InChI is InChI=1S/C21H20N4O5/c1-13(26)25(2)16-7-4-14(5-8-16)23-20(27)21(28)24-15-6-9-17(18(10-15)29-3)19-11-22-12-30-19/h4-12H,1-3H3,(H,23,27)(H,24,28). The van der Waals surface area contributed by atoms with Gasteiger partial charge in [0.2, 0.25) is 5.91 Å². The molecule has 0 fully saturated rings. The molecule has 1 heterocycles. The minimum absolute atomic E-state index is 0.115. The molecule has 0 bridgehead atoms. The van der Waals surface area contributed by atoms with Crippen LogP contribution >= 0.6 is 0 Å². The highest BCUT2D eigenvalue weighted by atomic mass is 16.5. The maximum absolute atomic E-state index is 12.2. The lowest BCUT2D eigenvalue weighted by Gasteiger charge is -2.15. The molecule has 2 aromatic carbocycles. The molecule has 0 saturated heterocycles. The van der Waals surface area contributed by atoms with Crippen LogP contribution in [0.3, 0.4) is 0 Å². The van der Waals surface area contributed by atoms with Crippen LogP contribution in [0.1, 0.15) is 6.92 Å². The minimum atomic E-state index is -0.839. The number of methoxy groups -OCH3 is 1. The Morgan fingerprint density at radius 1 is 1.00 bits per heavy atom. The summed E-state index contributed by atoms with van der Waals surface area (Å²) in [5.74, 6) is -0.817. The number of anilines is 3. The van der Waals surface area contributed by atoms with Crippen molar-refractivity contribution in [2.45, 2.75) is 6.92 Å². The number of carbonyl (C=O) groups is 3.